The molecule has 1 amide bonds. The van der Waals surface area contributed by atoms with Crippen molar-refractivity contribution in [2.75, 3.05) is 33.3 Å². The fraction of sp³-hybridized carbons (Fsp3) is 0.636. The number of amides is 1. The van der Waals surface area contributed by atoms with Crippen LogP contribution in [0.15, 0.2) is 18.5 Å². The molecule has 94 valence electrons. The lowest BCUT2D eigenvalue weighted by Gasteiger charge is -2.28. The van der Waals surface area contributed by atoms with Crippen molar-refractivity contribution in [3.05, 3.63) is 18.5 Å². The van der Waals surface area contributed by atoms with Gasteiger partial charge in [-0.2, -0.15) is 5.10 Å². The molecule has 1 aromatic heterocycles. The summed E-state index contributed by atoms with van der Waals surface area (Å²) in [4.78, 5) is 13.6. The Morgan fingerprint density at radius 3 is 3.24 bits per heavy atom. The number of nitrogens with one attached hydrogen (secondary N) is 1. The van der Waals surface area contributed by atoms with Crippen molar-refractivity contribution in [2.24, 2.45) is 0 Å². The van der Waals surface area contributed by atoms with Crippen molar-refractivity contribution >= 4 is 5.91 Å². The Kier molecular flexibility index (Phi) is 4.11. The summed E-state index contributed by atoms with van der Waals surface area (Å²) < 4.78 is 7.18. The average molecular weight is 238 g/mol. The van der Waals surface area contributed by atoms with Gasteiger partial charge >= 0.3 is 0 Å². The summed E-state index contributed by atoms with van der Waals surface area (Å²) in [5.41, 5.74) is 0. The first kappa shape index (κ1) is 12.1. The Bertz CT molecular complexity index is 346. The van der Waals surface area contributed by atoms with Crippen molar-refractivity contribution in [1.82, 2.24) is 20.0 Å². The second-order valence-corrected chi connectivity index (χ2v) is 4.17. The number of rotatable bonds is 4. The zero-order valence-corrected chi connectivity index (χ0v) is 10.0. The van der Waals surface area contributed by atoms with E-state index in [9.17, 15) is 4.79 Å². The molecule has 2 heterocycles. The van der Waals surface area contributed by atoms with Crippen LogP contribution in [0.1, 0.15) is 0 Å². The van der Waals surface area contributed by atoms with Gasteiger partial charge in [0, 0.05) is 39.1 Å². The molecule has 6 heteroatoms. The summed E-state index contributed by atoms with van der Waals surface area (Å²) in [6.45, 7) is 3.31. The van der Waals surface area contributed by atoms with Crippen LogP contribution < -0.4 is 5.32 Å². The number of likely N-dealkylation sites (N-methyl/N-ethyl adjacent to an activating group) is 1. The van der Waals surface area contributed by atoms with Crippen molar-refractivity contribution in [1.29, 1.82) is 0 Å². The molecule has 0 aromatic carbocycles. The number of aromatic nitrogens is 2. The molecule has 1 aromatic rings. The Morgan fingerprint density at radius 2 is 2.59 bits per heavy atom. The van der Waals surface area contributed by atoms with Gasteiger partial charge in [-0.05, 0) is 6.07 Å². The Morgan fingerprint density at radius 1 is 1.71 bits per heavy atom. The SMILES string of the molecule is CN(CC1CNCCO1)C(=O)Cn1cccn1. The van der Waals surface area contributed by atoms with E-state index in [4.69, 9.17) is 4.74 Å². The molecule has 0 saturated carbocycles. The highest BCUT2D eigenvalue weighted by Crippen LogP contribution is 2.00. The lowest BCUT2D eigenvalue weighted by Crippen LogP contribution is -2.46. The van der Waals surface area contributed by atoms with Crippen LogP contribution in [0.5, 0.6) is 0 Å². The molecule has 6 nitrogen and oxygen atoms in total. The van der Waals surface area contributed by atoms with Gasteiger partial charge in [0.25, 0.3) is 0 Å². The molecule has 1 N–H and O–H groups in total. The third-order valence-corrected chi connectivity index (χ3v) is 2.76. The summed E-state index contributed by atoms with van der Waals surface area (Å²) in [7, 11) is 1.80. The summed E-state index contributed by atoms with van der Waals surface area (Å²) in [6.07, 6.45) is 3.54. The number of morpholine rings is 1. The lowest BCUT2D eigenvalue weighted by molar-refractivity contribution is -0.132. The number of carbonyl (C=O) groups is 1. The molecule has 1 aliphatic heterocycles. The molecule has 0 spiro atoms. The van der Waals surface area contributed by atoms with Crippen LogP contribution >= 0.6 is 0 Å². The third-order valence-electron chi connectivity index (χ3n) is 2.76. The fourth-order valence-electron chi connectivity index (χ4n) is 1.80. The summed E-state index contributed by atoms with van der Waals surface area (Å²) in [5, 5.41) is 7.26. The Labute approximate surface area is 101 Å². The molecule has 1 atom stereocenters. The minimum atomic E-state index is 0.0443. The highest BCUT2D eigenvalue weighted by molar-refractivity contribution is 5.75. The van der Waals surface area contributed by atoms with E-state index in [2.05, 4.69) is 10.4 Å². The van der Waals surface area contributed by atoms with E-state index in [1.54, 1.807) is 35.1 Å². The van der Waals surface area contributed by atoms with E-state index in [0.717, 1.165) is 13.1 Å². The van der Waals surface area contributed by atoms with Gasteiger partial charge in [0.05, 0.1) is 12.7 Å². The first-order valence-corrected chi connectivity index (χ1v) is 5.79. The number of hydrogen-bond acceptors (Lipinski definition) is 4. The van der Waals surface area contributed by atoms with E-state index in [-0.39, 0.29) is 18.6 Å². The van der Waals surface area contributed by atoms with Crippen molar-refractivity contribution < 1.29 is 9.53 Å². The van der Waals surface area contributed by atoms with E-state index in [1.165, 1.54) is 0 Å². The summed E-state index contributed by atoms with van der Waals surface area (Å²) in [5.74, 6) is 0.0443. The number of nitrogens with zero attached hydrogens (tertiary/aromatic N) is 3. The molecular weight excluding hydrogens is 220 g/mol. The highest BCUT2D eigenvalue weighted by Gasteiger charge is 2.18. The van der Waals surface area contributed by atoms with E-state index in [0.29, 0.717) is 13.2 Å². The molecular formula is C11H18N4O2. The van der Waals surface area contributed by atoms with Crippen LogP contribution in [0.3, 0.4) is 0 Å². The largest absolute Gasteiger partial charge is 0.374 e. The summed E-state index contributed by atoms with van der Waals surface area (Å²) >= 11 is 0. The third kappa shape index (κ3) is 3.54. The monoisotopic (exact) mass is 238 g/mol. The average Bonchev–Trinajstić information content (AvgIpc) is 2.83. The zero-order valence-electron chi connectivity index (χ0n) is 10.0. The van der Waals surface area contributed by atoms with Gasteiger partial charge in [0.1, 0.15) is 6.54 Å². The topological polar surface area (TPSA) is 59.4 Å². The van der Waals surface area contributed by atoms with Crippen molar-refractivity contribution in [3.63, 3.8) is 0 Å². The molecule has 0 aliphatic carbocycles. The molecule has 1 fully saturated rings. The minimum Gasteiger partial charge on any atom is -0.374 e. The summed E-state index contributed by atoms with van der Waals surface area (Å²) in [6, 6.07) is 1.81. The first-order valence-electron chi connectivity index (χ1n) is 5.79. The molecule has 0 bridgehead atoms. The van der Waals surface area contributed by atoms with Crippen molar-refractivity contribution in [2.45, 2.75) is 12.6 Å². The van der Waals surface area contributed by atoms with E-state index < -0.39 is 0 Å². The van der Waals surface area contributed by atoms with Gasteiger partial charge in [-0.25, -0.2) is 0 Å². The van der Waals surface area contributed by atoms with E-state index >= 15 is 0 Å². The van der Waals surface area contributed by atoms with Gasteiger partial charge < -0.3 is 15.0 Å². The van der Waals surface area contributed by atoms with Crippen LogP contribution in [0, 0.1) is 0 Å². The second-order valence-electron chi connectivity index (χ2n) is 4.17. The number of ether oxygens (including phenoxy) is 1. The quantitative estimate of drug-likeness (QED) is 0.756. The van der Waals surface area contributed by atoms with Crippen LogP contribution in [0.25, 0.3) is 0 Å². The predicted octanol–water partition coefficient (Wildman–Crippen LogP) is -0.670. The van der Waals surface area contributed by atoms with E-state index in [1.807, 2.05) is 0 Å². The molecule has 17 heavy (non-hydrogen) atoms. The van der Waals surface area contributed by atoms with Crippen LogP contribution in [0.2, 0.25) is 0 Å². The Balaban J connectivity index is 1.78. The smallest absolute Gasteiger partial charge is 0.244 e. The second kappa shape index (κ2) is 5.79. The Hall–Kier alpha value is -1.40. The molecule has 1 aliphatic rings. The maximum atomic E-state index is 11.9. The zero-order chi connectivity index (χ0) is 12.1. The van der Waals surface area contributed by atoms with Crippen LogP contribution in [-0.4, -0.2) is 60.0 Å². The maximum absolute atomic E-state index is 11.9. The predicted molar refractivity (Wildman–Crippen MR) is 62.5 cm³/mol. The van der Waals surface area contributed by atoms with Gasteiger partial charge in [-0.1, -0.05) is 0 Å². The molecule has 1 saturated heterocycles. The minimum absolute atomic E-state index is 0.0443. The molecule has 0 radical (unpaired) electrons. The molecule has 2 rings (SSSR count). The highest BCUT2D eigenvalue weighted by atomic mass is 16.5. The van der Waals surface area contributed by atoms with Gasteiger partial charge in [-0.3, -0.25) is 9.48 Å². The van der Waals surface area contributed by atoms with Gasteiger partial charge in [0.15, 0.2) is 0 Å². The van der Waals surface area contributed by atoms with Gasteiger partial charge in [-0.15, -0.1) is 0 Å². The first-order chi connectivity index (χ1) is 8.25. The lowest BCUT2D eigenvalue weighted by atomic mass is 10.3. The van der Waals surface area contributed by atoms with Crippen molar-refractivity contribution in [3.8, 4) is 0 Å². The van der Waals surface area contributed by atoms with Gasteiger partial charge in [0.2, 0.25) is 5.91 Å². The fourth-order valence-corrected chi connectivity index (χ4v) is 1.80. The normalized spacial score (nSPS) is 20.2. The van der Waals surface area contributed by atoms with Crippen LogP contribution in [-0.2, 0) is 16.1 Å². The molecule has 1 unspecified atom stereocenters. The number of hydrogen-bond donors (Lipinski definition) is 1. The maximum Gasteiger partial charge on any atom is 0.244 e. The van der Waals surface area contributed by atoms with Crippen LogP contribution in [0.4, 0.5) is 0 Å². The number of carbonyl (C=O) groups excluding carboxylic acids is 1. The standard InChI is InChI=1S/C11H18N4O2/c1-14(8-10-7-12-4-6-17-10)11(16)9-15-5-2-3-13-15/h2-3,5,10,12H,4,6-9H2,1H3.